The lowest BCUT2D eigenvalue weighted by molar-refractivity contribution is -0.132. The highest BCUT2D eigenvalue weighted by molar-refractivity contribution is 5.95. The Bertz CT molecular complexity index is 1320. The molecule has 0 saturated heterocycles. The van der Waals surface area contributed by atoms with Gasteiger partial charge < -0.3 is 19.0 Å². The number of hydrogen-bond acceptors (Lipinski definition) is 4. The zero-order valence-electron chi connectivity index (χ0n) is 20.2. The zero-order valence-corrected chi connectivity index (χ0v) is 20.2. The summed E-state index contributed by atoms with van der Waals surface area (Å²) in [7, 11) is 1.72. The first-order valence-electron chi connectivity index (χ1n) is 12.0. The summed E-state index contributed by atoms with van der Waals surface area (Å²) in [5, 5.41) is 0. The van der Waals surface area contributed by atoms with E-state index in [0.29, 0.717) is 30.2 Å². The first-order valence-corrected chi connectivity index (χ1v) is 12.0. The fourth-order valence-electron chi connectivity index (χ4n) is 4.62. The number of carbonyl (C=O) groups is 2. The number of likely N-dealkylation sites (N-methyl/N-ethyl adjacent to an activating group) is 1. The SMILES string of the molecule is CN(Cc1ccco1)C(=O)COc1ccc2c(c1)C(c1ccccc1)N(C(=O)c1ccccc1)CC2. The molecule has 4 aromatic rings. The van der Waals surface area contributed by atoms with E-state index in [9.17, 15) is 9.59 Å². The van der Waals surface area contributed by atoms with Gasteiger partial charge in [-0.25, -0.2) is 0 Å². The van der Waals surface area contributed by atoms with Crippen molar-refractivity contribution in [2.75, 3.05) is 20.2 Å². The highest BCUT2D eigenvalue weighted by atomic mass is 16.5. The average molecular weight is 481 g/mol. The Kier molecular flexibility index (Phi) is 6.85. The number of fused-ring (bicyclic) bond motifs is 1. The summed E-state index contributed by atoms with van der Waals surface area (Å²) < 4.78 is 11.2. The van der Waals surface area contributed by atoms with Crippen LogP contribution in [0.3, 0.4) is 0 Å². The van der Waals surface area contributed by atoms with Crippen molar-refractivity contribution in [2.24, 2.45) is 0 Å². The summed E-state index contributed by atoms with van der Waals surface area (Å²) in [5.41, 5.74) is 3.90. The van der Waals surface area contributed by atoms with Crippen LogP contribution in [0.4, 0.5) is 0 Å². The van der Waals surface area contributed by atoms with Crippen LogP contribution in [0, 0.1) is 0 Å². The maximum atomic E-state index is 13.5. The molecule has 1 aromatic heterocycles. The van der Waals surface area contributed by atoms with Crippen molar-refractivity contribution in [2.45, 2.75) is 19.0 Å². The Balaban J connectivity index is 1.39. The Morgan fingerprint density at radius 1 is 0.972 bits per heavy atom. The second-order valence-electron chi connectivity index (χ2n) is 8.91. The predicted octanol–water partition coefficient (Wildman–Crippen LogP) is 5.10. The summed E-state index contributed by atoms with van der Waals surface area (Å²) in [6.07, 6.45) is 2.34. The van der Waals surface area contributed by atoms with E-state index in [2.05, 4.69) is 0 Å². The second-order valence-corrected chi connectivity index (χ2v) is 8.91. The van der Waals surface area contributed by atoms with E-state index < -0.39 is 0 Å². The van der Waals surface area contributed by atoms with Crippen molar-refractivity contribution in [1.82, 2.24) is 9.80 Å². The van der Waals surface area contributed by atoms with E-state index in [1.54, 1.807) is 24.3 Å². The smallest absolute Gasteiger partial charge is 0.260 e. The van der Waals surface area contributed by atoms with Crippen LogP contribution in [0.25, 0.3) is 0 Å². The molecule has 3 aromatic carbocycles. The minimum atomic E-state index is -0.247. The third-order valence-corrected chi connectivity index (χ3v) is 6.50. The summed E-state index contributed by atoms with van der Waals surface area (Å²) >= 11 is 0. The lowest BCUT2D eigenvalue weighted by atomic mass is 9.87. The zero-order chi connectivity index (χ0) is 24.9. The Hall–Kier alpha value is -4.32. The van der Waals surface area contributed by atoms with Crippen LogP contribution in [0.15, 0.2) is 102 Å². The van der Waals surface area contributed by atoms with Crippen LogP contribution >= 0.6 is 0 Å². The number of carbonyl (C=O) groups excluding carboxylic acids is 2. The molecule has 0 bridgehead atoms. The lowest BCUT2D eigenvalue weighted by Crippen LogP contribution is -2.40. The monoisotopic (exact) mass is 480 g/mol. The number of ether oxygens (including phenoxy) is 1. The maximum absolute atomic E-state index is 13.5. The molecule has 36 heavy (non-hydrogen) atoms. The van der Waals surface area contributed by atoms with E-state index in [0.717, 1.165) is 17.5 Å². The second kappa shape index (κ2) is 10.5. The van der Waals surface area contributed by atoms with Crippen molar-refractivity contribution in [3.63, 3.8) is 0 Å². The Morgan fingerprint density at radius 3 is 2.44 bits per heavy atom. The van der Waals surface area contributed by atoms with E-state index in [-0.39, 0.29) is 24.5 Å². The topological polar surface area (TPSA) is 63.0 Å². The summed E-state index contributed by atoms with van der Waals surface area (Å²) in [6, 6.07) is 28.7. The molecule has 2 heterocycles. The molecule has 1 atom stereocenters. The van der Waals surface area contributed by atoms with Gasteiger partial charge in [0.25, 0.3) is 11.8 Å². The summed E-state index contributed by atoms with van der Waals surface area (Å²) in [5.74, 6) is 1.16. The summed E-state index contributed by atoms with van der Waals surface area (Å²) in [6.45, 7) is 0.918. The molecule has 1 unspecified atom stereocenters. The molecular formula is C30H28N2O4. The van der Waals surface area contributed by atoms with Crippen LogP contribution in [0.5, 0.6) is 5.75 Å². The molecule has 1 aliphatic rings. The predicted molar refractivity (Wildman–Crippen MR) is 137 cm³/mol. The highest BCUT2D eigenvalue weighted by Gasteiger charge is 2.33. The molecular weight excluding hydrogens is 452 g/mol. The first-order chi connectivity index (χ1) is 17.6. The van der Waals surface area contributed by atoms with Crippen LogP contribution in [-0.2, 0) is 17.8 Å². The summed E-state index contributed by atoms with van der Waals surface area (Å²) in [4.78, 5) is 29.7. The third kappa shape index (κ3) is 5.03. The van der Waals surface area contributed by atoms with E-state index in [4.69, 9.17) is 9.15 Å². The molecule has 0 saturated carbocycles. The number of furan rings is 1. The van der Waals surface area contributed by atoms with Gasteiger partial charge in [0.15, 0.2) is 6.61 Å². The Labute approximate surface area is 210 Å². The number of hydrogen-bond donors (Lipinski definition) is 0. The lowest BCUT2D eigenvalue weighted by Gasteiger charge is -2.38. The van der Waals surface area contributed by atoms with Gasteiger partial charge >= 0.3 is 0 Å². The number of benzene rings is 3. The highest BCUT2D eigenvalue weighted by Crippen LogP contribution is 2.38. The standard InChI is InChI=1S/C30H28N2O4/c1-31(20-26-13-8-18-35-26)28(33)21-36-25-15-14-22-16-17-32(30(34)24-11-6-3-7-12-24)29(27(22)19-25)23-9-4-2-5-10-23/h2-15,18-19,29H,16-17,20-21H2,1H3. The van der Waals surface area contributed by atoms with E-state index in [1.165, 1.54) is 5.56 Å². The number of amides is 2. The van der Waals surface area contributed by atoms with E-state index in [1.807, 2.05) is 89.8 Å². The van der Waals surface area contributed by atoms with Crippen molar-refractivity contribution in [3.05, 3.63) is 125 Å². The van der Waals surface area contributed by atoms with Crippen LogP contribution in [-0.4, -0.2) is 41.8 Å². The average Bonchev–Trinajstić information content (AvgIpc) is 3.44. The molecule has 1 aliphatic heterocycles. The van der Waals surface area contributed by atoms with Gasteiger partial charge in [0.05, 0.1) is 18.8 Å². The maximum Gasteiger partial charge on any atom is 0.260 e. The van der Waals surface area contributed by atoms with Crippen molar-refractivity contribution in [3.8, 4) is 5.75 Å². The van der Waals surface area contributed by atoms with Crippen LogP contribution < -0.4 is 4.74 Å². The van der Waals surface area contributed by atoms with Crippen molar-refractivity contribution >= 4 is 11.8 Å². The molecule has 6 nitrogen and oxygen atoms in total. The van der Waals surface area contributed by atoms with Gasteiger partial charge in [-0.1, -0.05) is 54.6 Å². The molecule has 6 heteroatoms. The fraction of sp³-hybridized carbons (Fsp3) is 0.200. The van der Waals surface area contributed by atoms with Gasteiger partial charge in [0.1, 0.15) is 11.5 Å². The normalized spacial score (nSPS) is 14.7. The molecule has 0 fully saturated rings. The number of rotatable bonds is 7. The molecule has 0 N–H and O–H groups in total. The largest absolute Gasteiger partial charge is 0.484 e. The van der Waals surface area contributed by atoms with Gasteiger partial charge in [-0.05, 0) is 59.5 Å². The van der Waals surface area contributed by atoms with Gasteiger partial charge in [-0.3, -0.25) is 9.59 Å². The molecule has 0 spiro atoms. The molecule has 0 radical (unpaired) electrons. The quantitative estimate of drug-likeness (QED) is 0.369. The van der Waals surface area contributed by atoms with Gasteiger partial charge in [0.2, 0.25) is 0 Å². The van der Waals surface area contributed by atoms with Crippen LogP contribution in [0.1, 0.15) is 38.9 Å². The minimum Gasteiger partial charge on any atom is -0.484 e. The fourth-order valence-corrected chi connectivity index (χ4v) is 4.62. The Morgan fingerprint density at radius 2 is 1.72 bits per heavy atom. The first kappa shape index (κ1) is 23.4. The molecule has 182 valence electrons. The van der Waals surface area contributed by atoms with Crippen molar-refractivity contribution < 1.29 is 18.7 Å². The number of nitrogens with zero attached hydrogens (tertiary/aromatic N) is 2. The van der Waals surface area contributed by atoms with Gasteiger partial charge in [0, 0.05) is 19.2 Å². The molecule has 2 amide bonds. The van der Waals surface area contributed by atoms with Gasteiger partial charge in [-0.15, -0.1) is 0 Å². The third-order valence-electron chi connectivity index (χ3n) is 6.50. The van der Waals surface area contributed by atoms with Crippen LogP contribution in [0.2, 0.25) is 0 Å². The molecule has 5 rings (SSSR count). The van der Waals surface area contributed by atoms with Gasteiger partial charge in [-0.2, -0.15) is 0 Å². The van der Waals surface area contributed by atoms with Crippen molar-refractivity contribution in [1.29, 1.82) is 0 Å². The minimum absolute atomic E-state index is 0.00356. The van der Waals surface area contributed by atoms with E-state index >= 15 is 0 Å². The molecule has 0 aliphatic carbocycles.